The Balaban J connectivity index is 1.50. The van der Waals surface area contributed by atoms with E-state index in [4.69, 9.17) is 9.57 Å². The second-order valence-electron chi connectivity index (χ2n) is 6.24. The van der Waals surface area contributed by atoms with E-state index < -0.39 is 17.8 Å². The number of hydroxylamine groups is 2. The molecule has 6 nitrogen and oxygen atoms in total. The van der Waals surface area contributed by atoms with Gasteiger partial charge in [-0.1, -0.05) is 41.5 Å². The number of hydrogen-bond acceptors (Lipinski definition) is 5. The van der Waals surface area contributed by atoms with Gasteiger partial charge in [0.25, 0.3) is 11.8 Å². The van der Waals surface area contributed by atoms with E-state index in [0.29, 0.717) is 10.6 Å². The highest BCUT2D eigenvalue weighted by molar-refractivity contribution is 6.21. The van der Waals surface area contributed by atoms with Crippen LogP contribution in [0.15, 0.2) is 72.8 Å². The van der Waals surface area contributed by atoms with Crippen molar-refractivity contribution in [3.05, 3.63) is 101 Å². The molecule has 29 heavy (non-hydrogen) atoms. The van der Waals surface area contributed by atoms with E-state index in [9.17, 15) is 18.8 Å². The lowest BCUT2D eigenvalue weighted by Crippen LogP contribution is -2.32. The van der Waals surface area contributed by atoms with Crippen LogP contribution in [-0.2, 0) is 11.4 Å². The Labute approximate surface area is 165 Å². The average Bonchev–Trinajstić information content (AvgIpc) is 2.98. The zero-order valence-corrected chi connectivity index (χ0v) is 15.0. The minimum atomic E-state index is -0.908. The van der Waals surface area contributed by atoms with Crippen molar-refractivity contribution in [3.63, 3.8) is 0 Å². The average molecular weight is 391 g/mol. The topological polar surface area (TPSA) is 72.9 Å². The van der Waals surface area contributed by atoms with Crippen molar-refractivity contribution in [2.45, 2.75) is 6.61 Å². The molecule has 0 spiro atoms. The van der Waals surface area contributed by atoms with Crippen LogP contribution < -0.4 is 4.74 Å². The van der Waals surface area contributed by atoms with Gasteiger partial charge in [-0.25, -0.2) is 9.18 Å². The van der Waals surface area contributed by atoms with E-state index in [-0.39, 0.29) is 34.9 Å². The van der Waals surface area contributed by atoms with Crippen LogP contribution in [-0.4, -0.2) is 22.8 Å². The van der Waals surface area contributed by atoms with E-state index in [1.807, 2.05) is 0 Å². The van der Waals surface area contributed by atoms with Crippen molar-refractivity contribution in [2.24, 2.45) is 0 Å². The number of amides is 2. The third-order valence-corrected chi connectivity index (χ3v) is 4.35. The van der Waals surface area contributed by atoms with Gasteiger partial charge in [-0.3, -0.25) is 9.59 Å². The molecule has 0 radical (unpaired) electrons. The number of carbonyl (C=O) groups excluding carboxylic acids is 3. The molecule has 0 bridgehead atoms. The van der Waals surface area contributed by atoms with Gasteiger partial charge in [0.15, 0.2) is 0 Å². The molecule has 4 rings (SSSR count). The van der Waals surface area contributed by atoms with Crippen molar-refractivity contribution in [2.75, 3.05) is 0 Å². The summed E-state index contributed by atoms with van der Waals surface area (Å²) in [5, 5.41) is 0.448. The van der Waals surface area contributed by atoms with Crippen LogP contribution in [0.1, 0.15) is 36.6 Å². The fraction of sp³-hybridized carbons (Fsp3) is 0.0455. The first-order chi connectivity index (χ1) is 14.0. The van der Waals surface area contributed by atoms with Gasteiger partial charge in [0, 0.05) is 0 Å². The minimum absolute atomic E-state index is 0.0474. The molecule has 1 aliphatic rings. The monoisotopic (exact) mass is 391 g/mol. The van der Waals surface area contributed by atoms with Crippen LogP contribution >= 0.6 is 0 Å². The highest BCUT2D eigenvalue weighted by Crippen LogP contribution is 2.25. The lowest BCUT2D eigenvalue weighted by Gasteiger charge is -2.15. The molecule has 3 aromatic rings. The number of fused-ring (bicyclic) bond motifs is 1. The first kappa shape index (κ1) is 18.4. The molecule has 2 amide bonds. The van der Waals surface area contributed by atoms with E-state index in [0.717, 1.165) is 0 Å². The summed E-state index contributed by atoms with van der Waals surface area (Å²) in [6, 6.07) is 18.2. The van der Waals surface area contributed by atoms with Crippen molar-refractivity contribution < 1.29 is 28.3 Å². The van der Waals surface area contributed by atoms with Gasteiger partial charge < -0.3 is 9.57 Å². The van der Waals surface area contributed by atoms with Crippen molar-refractivity contribution in [1.82, 2.24) is 5.06 Å². The number of benzene rings is 3. The zero-order valence-electron chi connectivity index (χ0n) is 15.0. The van der Waals surface area contributed by atoms with Gasteiger partial charge in [0.2, 0.25) is 0 Å². The number of imide groups is 1. The lowest BCUT2D eigenvalue weighted by atomic mass is 10.1. The summed E-state index contributed by atoms with van der Waals surface area (Å²) < 4.78 is 18.7. The number of para-hydroxylation sites is 1. The molecule has 0 aromatic heterocycles. The normalized spacial score (nSPS) is 12.7. The minimum Gasteiger partial charge on any atom is -0.488 e. The van der Waals surface area contributed by atoms with Gasteiger partial charge in [0.05, 0.1) is 11.1 Å². The molecule has 0 N–H and O–H groups in total. The Kier molecular flexibility index (Phi) is 4.78. The van der Waals surface area contributed by atoms with Gasteiger partial charge in [0.1, 0.15) is 23.7 Å². The molecule has 0 unspecified atom stereocenters. The summed E-state index contributed by atoms with van der Waals surface area (Å²) in [7, 11) is 0. The van der Waals surface area contributed by atoms with E-state index in [1.54, 1.807) is 42.5 Å². The summed E-state index contributed by atoms with van der Waals surface area (Å²) in [4.78, 5) is 42.4. The Morgan fingerprint density at radius 2 is 1.41 bits per heavy atom. The van der Waals surface area contributed by atoms with Crippen molar-refractivity contribution >= 4 is 17.8 Å². The largest absolute Gasteiger partial charge is 0.488 e. The molecule has 7 heteroatoms. The van der Waals surface area contributed by atoms with Crippen molar-refractivity contribution in [1.29, 1.82) is 0 Å². The van der Waals surface area contributed by atoms with E-state index >= 15 is 0 Å². The van der Waals surface area contributed by atoms with Gasteiger partial charge in [-0.15, -0.1) is 0 Å². The second-order valence-corrected chi connectivity index (χ2v) is 6.24. The predicted molar refractivity (Wildman–Crippen MR) is 99.5 cm³/mol. The summed E-state index contributed by atoms with van der Waals surface area (Å²) in [6.07, 6.45) is 0. The maximum atomic E-state index is 13.0. The van der Waals surface area contributed by atoms with Gasteiger partial charge in [-0.05, 0) is 42.0 Å². The Bertz CT molecular complexity index is 1080. The molecule has 0 fully saturated rings. The molecule has 144 valence electrons. The molecule has 1 heterocycles. The van der Waals surface area contributed by atoms with Crippen LogP contribution in [0.3, 0.4) is 0 Å². The Morgan fingerprint density at radius 3 is 2.07 bits per heavy atom. The smallest absolute Gasteiger partial charge is 0.367 e. The first-order valence-corrected chi connectivity index (χ1v) is 8.71. The predicted octanol–water partition coefficient (Wildman–Crippen LogP) is 3.77. The molecule has 0 aliphatic carbocycles. The number of rotatable bonds is 5. The molecule has 0 atom stereocenters. The molecular weight excluding hydrogens is 377 g/mol. The fourth-order valence-corrected chi connectivity index (χ4v) is 2.88. The van der Waals surface area contributed by atoms with Crippen LogP contribution in [0.5, 0.6) is 5.75 Å². The Morgan fingerprint density at radius 1 is 0.828 bits per heavy atom. The molecule has 3 aromatic carbocycles. The van der Waals surface area contributed by atoms with Crippen LogP contribution in [0, 0.1) is 5.82 Å². The highest BCUT2D eigenvalue weighted by atomic mass is 19.1. The number of halogens is 1. The number of ether oxygens (including phenoxy) is 1. The van der Waals surface area contributed by atoms with Crippen LogP contribution in [0.25, 0.3) is 0 Å². The van der Waals surface area contributed by atoms with Crippen molar-refractivity contribution in [3.8, 4) is 5.75 Å². The third-order valence-electron chi connectivity index (χ3n) is 4.35. The third kappa shape index (κ3) is 3.58. The van der Waals surface area contributed by atoms with Gasteiger partial charge >= 0.3 is 5.97 Å². The molecule has 0 saturated heterocycles. The summed E-state index contributed by atoms with van der Waals surface area (Å²) in [6.45, 7) is 0.0948. The summed E-state index contributed by atoms with van der Waals surface area (Å²) in [5.74, 6) is -2.47. The highest BCUT2D eigenvalue weighted by Gasteiger charge is 2.39. The molecular formula is C22H14FNO5. The first-order valence-electron chi connectivity index (χ1n) is 8.71. The lowest BCUT2D eigenvalue weighted by molar-refractivity contribution is -0.0586. The molecule has 0 saturated carbocycles. The standard InChI is InChI=1S/C22H14FNO5/c23-15-11-9-14(10-12-15)13-28-19-8-4-3-7-18(19)22(27)29-24-20(25)16-5-1-2-6-17(16)21(24)26/h1-12H,13H2. The quantitative estimate of drug-likeness (QED) is 0.619. The second kappa shape index (κ2) is 7.55. The fourth-order valence-electron chi connectivity index (χ4n) is 2.88. The maximum absolute atomic E-state index is 13.0. The number of carbonyl (C=O) groups is 3. The maximum Gasteiger partial charge on any atom is 0.367 e. The summed E-state index contributed by atoms with van der Waals surface area (Å²) in [5.41, 5.74) is 1.10. The van der Waals surface area contributed by atoms with E-state index in [1.165, 1.54) is 30.3 Å². The Hall–Kier alpha value is -4.00. The van der Waals surface area contributed by atoms with Crippen LogP contribution in [0.4, 0.5) is 4.39 Å². The zero-order chi connectivity index (χ0) is 20.4. The van der Waals surface area contributed by atoms with E-state index in [2.05, 4.69) is 0 Å². The number of nitrogens with zero attached hydrogens (tertiary/aromatic N) is 1. The summed E-state index contributed by atoms with van der Waals surface area (Å²) >= 11 is 0. The SMILES string of the molecule is O=C(ON1C(=O)c2ccccc2C1=O)c1ccccc1OCc1ccc(F)cc1. The molecule has 1 aliphatic heterocycles. The van der Waals surface area contributed by atoms with Gasteiger partial charge in [-0.2, -0.15) is 0 Å². The number of hydrogen-bond donors (Lipinski definition) is 0. The van der Waals surface area contributed by atoms with Crippen LogP contribution in [0.2, 0.25) is 0 Å².